The van der Waals surface area contributed by atoms with E-state index < -0.39 is 46.3 Å². The zero-order valence-electron chi connectivity index (χ0n) is 22.1. The SMILES string of the molecule is CCC(C)(C)C(=O)C(=O)N1CCCCC1c1nnc([C@@H]2CCCCN2C(=O)C(=O)C(C)(C)CC)o1. The van der Waals surface area contributed by atoms with E-state index >= 15 is 0 Å². The summed E-state index contributed by atoms with van der Waals surface area (Å²) in [4.78, 5) is 55.2. The van der Waals surface area contributed by atoms with Crippen molar-refractivity contribution in [2.24, 2.45) is 10.8 Å². The molecule has 0 saturated carbocycles. The number of aromatic nitrogens is 2. The van der Waals surface area contributed by atoms with Gasteiger partial charge in [0.25, 0.3) is 11.8 Å². The van der Waals surface area contributed by atoms with Gasteiger partial charge in [-0.25, -0.2) is 0 Å². The van der Waals surface area contributed by atoms with Crippen molar-refractivity contribution >= 4 is 23.4 Å². The van der Waals surface area contributed by atoms with Crippen LogP contribution in [0.25, 0.3) is 0 Å². The van der Waals surface area contributed by atoms with Crippen LogP contribution in [0.5, 0.6) is 0 Å². The molecular formula is C26H40N4O5. The third-order valence-electron chi connectivity index (χ3n) is 7.94. The Morgan fingerprint density at radius 1 is 0.743 bits per heavy atom. The Bertz CT molecular complexity index is 892. The van der Waals surface area contributed by atoms with Crippen LogP contribution in [0.4, 0.5) is 0 Å². The van der Waals surface area contributed by atoms with Crippen LogP contribution in [0.1, 0.15) is 117 Å². The van der Waals surface area contributed by atoms with E-state index in [1.54, 1.807) is 37.5 Å². The molecule has 1 unspecified atom stereocenters. The Balaban J connectivity index is 1.84. The topological polar surface area (TPSA) is 114 Å². The van der Waals surface area contributed by atoms with E-state index in [2.05, 4.69) is 10.2 Å². The van der Waals surface area contributed by atoms with Gasteiger partial charge < -0.3 is 14.2 Å². The zero-order chi connectivity index (χ0) is 26.0. The predicted molar refractivity (Wildman–Crippen MR) is 129 cm³/mol. The van der Waals surface area contributed by atoms with Crippen molar-refractivity contribution in [1.82, 2.24) is 20.0 Å². The second kappa shape index (κ2) is 10.6. The van der Waals surface area contributed by atoms with E-state index in [4.69, 9.17) is 4.42 Å². The molecule has 35 heavy (non-hydrogen) atoms. The molecule has 2 saturated heterocycles. The standard InChI is InChI=1S/C26H40N4O5/c1-7-25(3,4)19(31)23(33)29-15-11-9-13-17(29)21-27-28-22(35-21)18-14-10-12-16-30(18)24(34)20(32)26(5,6)8-2/h17-18H,7-16H2,1-6H3/t17-,18?/m0/s1. The molecule has 3 rings (SSSR count). The molecule has 1 aromatic rings. The van der Waals surface area contributed by atoms with Crippen LogP contribution in [0.2, 0.25) is 0 Å². The highest BCUT2D eigenvalue weighted by Crippen LogP contribution is 2.36. The summed E-state index contributed by atoms with van der Waals surface area (Å²) >= 11 is 0. The molecular weight excluding hydrogens is 448 g/mol. The largest absolute Gasteiger partial charge is 0.421 e. The van der Waals surface area contributed by atoms with Crippen molar-refractivity contribution < 1.29 is 23.6 Å². The van der Waals surface area contributed by atoms with E-state index in [1.807, 2.05) is 13.8 Å². The lowest BCUT2D eigenvalue weighted by atomic mass is 9.84. The average molecular weight is 489 g/mol. The van der Waals surface area contributed by atoms with E-state index in [1.165, 1.54) is 0 Å². The Labute approximate surface area is 208 Å². The van der Waals surface area contributed by atoms with Crippen molar-refractivity contribution in [2.45, 2.75) is 105 Å². The maximum atomic E-state index is 13.1. The average Bonchev–Trinajstić information content (AvgIpc) is 3.36. The zero-order valence-corrected chi connectivity index (χ0v) is 22.1. The summed E-state index contributed by atoms with van der Waals surface area (Å²) in [5.74, 6) is -1.27. The minimum atomic E-state index is -0.735. The van der Waals surface area contributed by atoms with Crippen molar-refractivity contribution in [3.8, 4) is 0 Å². The van der Waals surface area contributed by atoms with Gasteiger partial charge in [-0.3, -0.25) is 19.2 Å². The Morgan fingerprint density at radius 2 is 1.11 bits per heavy atom. The summed E-state index contributed by atoms with van der Waals surface area (Å²) in [7, 11) is 0. The molecule has 2 aliphatic rings. The molecule has 2 aliphatic heterocycles. The molecule has 2 amide bonds. The molecule has 0 radical (unpaired) electrons. The molecule has 0 aliphatic carbocycles. The third-order valence-corrected chi connectivity index (χ3v) is 7.94. The van der Waals surface area contributed by atoms with Crippen LogP contribution in [0, 0.1) is 10.8 Å². The van der Waals surface area contributed by atoms with Gasteiger partial charge in [0, 0.05) is 23.9 Å². The lowest BCUT2D eigenvalue weighted by Gasteiger charge is -2.35. The van der Waals surface area contributed by atoms with Crippen molar-refractivity contribution in [2.75, 3.05) is 13.1 Å². The number of nitrogens with zero attached hydrogens (tertiary/aromatic N) is 4. The molecule has 3 heterocycles. The molecule has 9 nitrogen and oxygen atoms in total. The number of carbonyl (C=O) groups excluding carboxylic acids is 4. The summed E-state index contributed by atoms with van der Waals surface area (Å²) in [6.07, 6.45) is 5.78. The maximum absolute atomic E-state index is 13.1. The van der Waals surface area contributed by atoms with Gasteiger partial charge in [0.05, 0.1) is 0 Å². The minimum Gasteiger partial charge on any atom is -0.421 e. The van der Waals surface area contributed by atoms with Crippen LogP contribution in [0.3, 0.4) is 0 Å². The fourth-order valence-electron chi connectivity index (χ4n) is 4.54. The predicted octanol–water partition coefficient (Wildman–Crippen LogP) is 4.19. The number of likely N-dealkylation sites (tertiary alicyclic amines) is 2. The van der Waals surface area contributed by atoms with Crippen molar-refractivity contribution in [1.29, 1.82) is 0 Å². The smallest absolute Gasteiger partial charge is 0.291 e. The van der Waals surface area contributed by atoms with E-state index in [9.17, 15) is 19.2 Å². The second-order valence-corrected chi connectivity index (χ2v) is 11.1. The van der Waals surface area contributed by atoms with Crippen LogP contribution in [-0.2, 0) is 19.2 Å². The Hall–Kier alpha value is -2.58. The molecule has 0 bridgehead atoms. The maximum Gasteiger partial charge on any atom is 0.291 e. The van der Waals surface area contributed by atoms with Crippen LogP contribution in [0.15, 0.2) is 4.42 Å². The summed E-state index contributed by atoms with van der Waals surface area (Å²) < 4.78 is 6.07. The second-order valence-electron chi connectivity index (χ2n) is 11.1. The molecule has 0 N–H and O–H groups in total. The fourth-order valence-corrected chi connectivity index (χ4v) is 4.54. The summed E-state index contributed by atoms with van der Waals surface area (Å²) in [5, 5.41) is 8.50. The van der Waals surface area contributed by atoms with Gasteiger partial charge in [-0.1, -0.05) is 41.5 Å². The summed E-state index contributed by atoms with van der Waals surface area (Å²) in [6, 6.07) is -0.940. The Kier molecular flexibility index (Phi) is 8.17. The Morgan fingerprint density at radius 3 is 1.46 bits per heavy atom. The van der Waals surface area contributed by atoms with Crippen LogP contribution >= 0.6 is 0 Å². The van der Waals surface area contributed by atoms with Gasteiger partial charge in [0.1, 0.15) is 12.1 Å². The number of piperidine rings is 2. The van der Waals surface area contributed by atoms with Gasteiger partial charge in [0.2, 0.25) is 23.3 Å². The number of hydrogen-bond acceptors (Lipinski definition) is 7. The first-order valence-corrected chi connectivity index (χ1v) is 13.0. The molecule has 194 valence electrons. The third kappa shape index (κ3) is 5.48. The number of carbonyl (C=O) groups is 4. The van der Waals surface area contributed by atoms with Crippen LogP contribution in [-0.4, -0.2) is 56.5 Å². The minimum absolute atomic E-state index is 0.286. The van der Waals surface area contributed by atoms with Gasteiger partial charge in [-0.15, -0.1) is 10.2 Å². The fraction of sp³-hybridized carbons (Fsp3) is 0.769. The number of ketones is 2. The van der Waals surface area contributed by atoms with Gasteiger partial charge in [0.15, 0.2) is 0 Å². The van der Waals surface area contributed by atoms with Gasteiger partial charge >= 0.3 is 0 Å². The number of hydrogen-bond donors (Lipinski definition) is 0. The van der Waals surface area contributed by atoms with E-state index in [0.29, 0.717) is 38.8 Å². The molecule has 9 heteroatoms. The van der Waals surface area contributed by atoms with E-state index in [0.717, 1.165) is 25.7 Å². The molecule has 2 fully saturated rings. The molecule has 2 atom stereocenters. The first-order valence-electron chi connectivity index (χ1n) is 13.0. The van der Waals surface area contributed by atoms with Gasteiger partial charge in [-0.2, -0.15) is 0 Å². The highest BCUT2D eigenvalue weighted by Gasteiger charge is 2.42. The molecule has 1 aromatic heterocycles. The first kappa shape index (κ1) is 27.0. The molecule has 0 aromatic carbocycles. The normalized spacial score (nSPS) is 21.7. The quantitative estimate of drug-likeness (QED) is 0.504. The number of rotatable bonds is 8. The monoisotopic (exact) mass is 488 g/mol. The van der Waals surface area contributed by atoms with Crippen molar-refractivity contribution in [3.63, 3.8) is 0 Å². The highest BCUT2D eigenvalue weighted by molar-refractivity contribution is 6.38. The number of Topliss-reactive ketones (excluding diaryl/α,β-unsaturated/α-hetero) is 2. The van der Waals surface area contributed by atoms with Gasteiger partial charge in [-0.05, 0) is 51.4 Å². The lowest BCUT2D eigenvalue weighted by molar-refractivity contribution is -0.152. The van der Waals surface area contributed by atoms with E-state index in [-0.39, 0.29) is 11.8 Å². The first-order chi connectivity index (χ1) is 16.4. The molecule has 0 spiro atoms. The summed E-state index contributed by atoms with van der Waals surface area (Å²) in [6.45, 7) is 11.8. The van der Waals surface area contributed by atoms with Crippen LogP contribution < -0.4 is 0 Å². The van der Waals surface area contributed by atoms with Crippen molar-refractivity contribution in [3.05, 3.63) is 11.8 Å². The summed E-state index contributed by atoms with van der Waals surface area (Å²) in [5.41, 5.74) is -1.47. The number of amides is 2. The lowest BCUT2D eigenvalue weighted by Crippen LogP contribution is -2.46. The highest BCUT2D eigenvalue weighted by atomic mass is 16.4.